The van der Waals surface area contributed by atoms with E-state index in [2.05, 4.69) is 4.90 Å². The number of aliphatic hydroxyl groups is 2. The van der Waals surface area contributed by atoms with E-state index in [1.54, 1.807) is 13.0 Å². The number of ether oxygens (including phenoxy) is 1. The predicted octanol–water partition coefficient (Wildman–Crippen LogP) is 1.59. The summed E-state index contributed by atoms with van der Waals surface area (Å²) in [5, 5.41) is 19.5. The molecule has 1 saturated heterocycles. The van der Waals surface area contributed by atoms with E-state index in [0.717, 1.165) is 11.3 Å². The molecule has 1 aliphatic heterocycles. The van der Waals surface area contributed by atoms with E-state index in [-0.39, 0.29) is 12.6 Å². The molecule has 1 unspecified atom stereocenters. The highest BCUT2D eigenvalue weighted by atomic mass is 35.5. The number of morpholine rings is 1. The monoisotopic (exact) mass is 271 g/mol. The number of rotatable bonds is 3. The normalized spacial score (nSPS) is 22.0. The molecule has 100 valence electrons. The number of aliphatic hydroxyl groups excluding tert-OH is 2. The van der Waals surface area contributed by atoms with Crippen LogP contribution in [0.25, 0.3) is 0 Å². The molecule has 0 aromatic heterocycles. The van der Waals surface area contributed by atoms with Crippen molar-refractivity contribution in [3.63, 3.8) is 0 Å². The Labute approximate surface area is 112 Å². The summed E-state index contributed by atoms with van der Waals surface area (Å²) in [4.78, 5) is 2.05. The van der Waals surface area contributed by atoms with Gasteiger partial charge in [-0.2, -0.15) is 0 Å². The van der Waals surface area contributed by atoms with Gasteiger partial charge >= 0.3 is 0 Å². The first-order valence-electron chi connectivity index (χ1n) is 6.06. The Morgan fingerprint density at radius 3 is 2.94 bits per heavy atom. The minimum Gasteiger partial charge on any atom is -0.394 e. The van der Waals surface area contributed by atoms with Crippen LogP contribution in [0.5, 0.6) is 0 Å². The Morgan fingerprint density at radius 2 is 2.33 bits per heavy atom. The number of nitrogens with zero attached hydrogens (tertiary/aromatic N) is 1. The van der Waals surface area contributed by atoms with Gasteiger partial charge in [0.15, 0.2) is 0 Å². The highest BCUT2D eigenvalue weighted by Crippen LogP contribution is 2.31. The molecule has 1 aromatic rings. The maximum Gasteiger partial charge on any atom is 0.0762 e. The lowest BCUT2D eigenvalue weighted by molar-refractivity contribution is 0.0727. The van der Waals surface area contributed by atoms with E-state index in [0.29, 0.717) is 24.8 Å². The molecule has 0 saturated carbocycles. The van der Waals surface area contributed by atoms with Gasteiger partial charge in [-0.15, -0.1) is 0 Å². The van der Waals surface area contributed by atoms with E-state index in [1.807, 2.05) is 12.1 Å². The molecule has 18 heavy (non-hydrogen) atoms. The number of hydrogen-bond donors (Lipinski definition) is 2. The van der Waals surface area contributed by atoms with Crippen LogP contribution in [0, 0.1) is 0 Å². The van der Waals surface area contributed by atoms with Crippen molar-refractivity contribution in [2.45, 2.75) is 19.1 Å². The maximum absolute atomic E-state index is 9.52. The lowest BCUT2D eigenvalue weighted by Gasteiger charge is -2.37. The zero-order valence-corrected chi connectivity index (χ0v) is 11.1. The fourth-order valence-corrected chi connectivity index (χ4v) is 2.44. The van der Waals surface area contributed by atoms with Crippen molar-refractivity contribution in [3.05, 3.63) is 28.8 Å². The van der Waals surface area contributed by atoms with Gasteiger partial charge in [0.2, 0.25) is 0 Å². The van der Waals surface area contributed by atoms with Crippen LogP contribution in [-0.4, -0.2) is 42.6 Å². The second-order valence-corrected chi connectivity index (χ2v) is 4.90. The molecule has 0 spiro atoms. The van der Waals surface area contributed by atoms with Crippen molar-refractivity contribution in [2.75, 3.05) is 31.3 Å². The Kier molecular flexibility index (Phi) is 4.45. The highest BCUT2D eigenvalue weighted by Gasteiger charge is 2.24. The summed E-state index contributed by atoms with van der Waals surface area (Å²) in [6, 6.07) is 5.45. The topological polar surface area (TPSA) is 52.9 Å². The molecule has 4 nitrogen and oxygen atoms in total. The third-order valence-electron chi connectivity index (χ3n) is 3.20. The lowest BCUT2D eigenvalue weighted by Crippen LogP contribution is -2.47. The molecule has 1 heterocycles. The van der Waals surface area contributed by atoms with Crippen LogP contribution < -0.4 is 4.90 Å². The van der Waals surface area contributed by atoms with Crippen LogP contribution >= 0.6 is 11.6 Å². The van der Waals surface area contributed by atoms with Gasteiger partial charge < -0.3 is 19.8 Å². The van der Waals surface area contributed by atoms with Gasteiger partial charge in [0.1, 0.15) is 0 Å². The largest absolute Gasteiger partial charge is 0.394 e. The Bertz CT molecular complexity index is 411. The summed E-state index contributed by atoms with van der Waals surface area (Å²) in [5.74, 6) is 0. The molecule has 1 fully saturated rings. The SMILES string of the molecule is C[C@H](O)c1ccc(N2CCOCC2CO)c(Cl)c1. The molecule has 5 heteroatoms. The van der Waals surface area contributed by atoms with Gasteiger partial charge in [-0.05, 0) is 24.6 Å². The number of halogens is 1. The number of hydrogen-bond acceptors (Lipinski definition) is 4. The smallest absolute Gasteiger partial charge is 0.0762 e. The van der Waals surface area contributed by atoms with Gasteiger partial charge in [0, 0.05) is 6.54 Å². The molecule has 2 N–H and O–H groups in total. The van der Waals surface area contributed by atoms with Crippen molar-refractivity contribution in [1.82, 2.24) is 0 Å². The number of benzene rings is 1. The first-order chi connectivity index (χ1) is 8.63. The minimum absolute atomic E-state index is 0.0362. The minimum atomic E-state index is -0.533. The quantitative estimate of drug-likeness (QED) is 0.877. The second kappa shape index (κ2) is 5.89. The lowest BCUT2D eigenvalue weighted by atomic mass is 10.1. The molecule has 0 aliphatic carbocycles. The van der Waals surface area contributed by atoms with Crippen LogP contribution in [0.2, 0.25) is 5.02 Å². The molecule has 0 amide bonds. The van der Waals surface area contributed by atoms with E-state index >= 15 is 0 Å². The summed E-state index contributed by atoms with van der Waals surface area (Å²) in [5.41, 5.74) is 1.67. The summed E-state index contributed by atoms with van der Waals surface area (Å²) in [6.07, 6.45) is -0.533. The molecule has 1 aromatic carbocycles. The summed E-state index contributed by atoms with van der Waals surface area (Å²) >= 11 is 6.25. The zero-order valence-electron chi connectivity index (χ0n) is 10.3. The van der Waals surface area contributed by atoms with Crippen molar-refractivity contribution in [1.29, 1.82) is 0 Å². The van der Waals surface area contributed by atoms with Crippen LogP contribution in [0.15, 0.2) is 18.2 Å². The van der Waals surface area contributed by atoms with Crippen LogP contribution in [-0.2, 0) is 4.74 Å². The summed E-state index contributed by atoms with van der Waals surface area (Å²) in [7, 11) is 0. The maximum atomic E-state index is 9.52. The number of anilines is 1. The van der Waals surface area contributed by atoms with Crippen molar-refractivity contribution in [2.24, 2.45) is 0 Å². The average molecular weight is 272 g/mol. The van der Waals surface area contributed by atoms with Gasteiger partial charge in [0.25, 0.3) is 0 Å². The Balaban J connectivity index is 2.26. The van der Waals surface area contributed by atoms with Crippen LogP contribution in [0.3, 0.4) is 0 Å². The highest BCUT2D eigenvalue weighted by molar-refractivity contribution is 6.33. The first-order valence-corrected chi connectivity index (χ1v) is 6.44. The van der Waals surface area contributed by atoms with E-state index in [1.165, 1.54) is 0 Å². The predicted molar refractivity (Wildman–Crippen MR) is 71.1 cm³/mol. The van der Waals surface area contributed by atoms with Gasteiger partial charge in [-0.3, -0.25) is 0 Å². The van der Waals surface area contributed by atoms with Gasteiger partial charge in [-0.1, -0.05) is 17.7 Å². The Morgan fingerprint density at radius 1 is 1.56 bits per heavy atom. The van der Waals surface area contributed by atoms with Crippen molar-refractivity contribution < 1.29 is 14.9 Å². The van der Waals surface area contributed by atoms with E-state index in [9.17, 15) is 10.2 Å². The fraction of sp³-hybridized carbons (Fsp3) is 0.538. The third-order valence-corrected chi connectivity index (χ3v) is 3.50. The summed E-state index contributed by atoms with van der Waals surface area (Å²) < 4.78 is 5.34. The molecular weight excluding hydrogens is 254 g/mol. The fourth-order valence-electron chi connectivity index (χ4n) is 2.14. The van der Waals surface area contributed by atoms with Crippen LogP contribution in [0.1, 0.15) is 18.6 Å². The molecule has 0 bridgehead atoms. The molecule has 0 radical (unpaired) electrons. The third kappa shape index (κ3) is 2.78. The van der Waals surface area contributed by atoms with Gasteiger partial charge in [0.05, 0.1) is 42.7 Å². The van der Waals surface area contributed by atoms with Gasteiger partial charge in [-0.25, -0.2) is 0 Å². The summed E-state index contributed by atoms with van der Waals surface area (Å²) in [6.45, 7) is 3.58. The second-order valence-electron chi connectivity index (χ2n) is 4.49. The van der Waals surface area contributed by atoms with Crippen LogP contribution in [0.4, 0.5) is 5.69 Å². The van der Waals surface area contributed by atoms with Crippen molar-refractivity contribution >= 4 is 17.3 Å². The average Bonchev–Trinajstić information content (AvgIpc) is 2.38. The zero-order chi connectivity index (χ0) is 13.1. The standard InChI is InChI=1S/C13H18ClNO3/c1-9(17)10-2-3-13(12(14)6-10)15-4-5-18-8-11(15)7-16/h2-3,6,9,11,16-17H,4-5,7-8H2,1H3/t9-,11?/m0/s1. The molecule has 2 atom stereocenters. The molecular formula is C13H18ClNO3. The first kappa shape index (κ1) is 13.6. The molecule has 2 rings (SSSR count). The van der Waals surface area contributed by atoms with E-state index in [4.69, 9.17) is 16.3 Å². The molecule has 1 aliphatic rings. The van der Waals surface area contributed by atoms with Crippen molar-refractivity contribution in [3.8, 4) is 0 Å². The van der Waals surface area contributed by atoms with E-state index < -0.39 is 6.10 Å². The Hall–Kier alpha value is -0.810.